The molecule has 10 aromatic rings. The average molecular weight is 801 g/mol. The zero-order chi connectivity index (χ0) is 41.7. The number of para-hydroxylation sites is 1. The van der Waals surface area contributed by atoms with Crippen molar-refractivity contribution < 1.29 is 0 Å². The normalized spacial score (nSPS) is 12.3. The van der Waals surface area contributed by atoms with Gasteiger partial charge in [-0.1, -0.05) is 206 Å². The Hall–Kier alpha value is -8.14. The summed E-state index contributed by atoms with van der Waals surface area (Å²) in [7, 11) is 0. The Labute approximate surface area is 369 Å². The molecule has 0 unspecified atom stereocenters. The Morgan fingerprint density at radius 3 is 1.32 bits per heavy atom. The molecule has 294 valence electrons. The van der Waals surface area contributed by atoms with E-state index < -0.39 is 0 Å². The third-order valence-electron chi connectivity index (χ3n) is 12.8. The van der Waals surface area contributed by atoms with E-state index >= 15 is 0 Å². The van der Waals surface area contributed by atoms with Gasteiger partial charge in [0.15, 0.2) is 0 Å². The van der Waals surface area contributed by atoms with Crippen molar-refractivity contribution in [3.05, 3.63) is 249 Å². The number of benzene rings is 10. The third-order valence-corrected chi connectivity index (χ3v) is 12.8. The van der Waals surface area contributed by atoms with Crippen LogP contribution in [-0.2, 0) is 0 Å². The SMILES string of the molecule is c1ccc(-c2cccc(N3c4ccc(-c5ccccc5)cc4B4c5ccc(-c6ccccc6)cc5N(c5ccccc5-c5ccccc5)c5cc(-c6ccccc6)cc3c54)c2)cc1. The molecule has 0 bridgehead atoms. The molecule has 0 radical (unpaired) electrons. The first-order chi connectivity index (χ1) is 31.3. The molecular formula is C60H41BN2. The average Bonchev–Trinajstić information content (AvgIpc) is 3.37. The maximum atomic E-state index is 2.57. The summed E-state index contributed by atoms with van der Waals surface area (Å²) in [6.45, 7) is -0.0491. The van der Waals surface area contributed by atoms with Gasteiger partial charge in [-0.2, -0.15) is 0 Å². The van der Waals surface area contributed by atoms with Gasteiger partial charge in [-0.15, -0.1) is 0 Å². The molecule has 2 nitrogen and oxygen atoms in total. The van der Waals surface area contributed by atoms with Crippen LogP contribution < -0.4 is 26.2 Å². The molecule has 0 N–H and O–H groups in total. The van der Waals surface area contributed by atoms with E-state index in [1.54, 1.807) is 0 Å². The van der Waals surface area contributed by atoms with Crippen LogP contribution >= 0.6 is 0 Å². The highest BCUT2D eigenvalue weighted by Gasteiger charge is 2.44. The number of rotatable bonds is 7. The molecule has 12 rings (SSSR count). The largest absolute Gasteiger partial charge is 0.311 e. The highest BCUT2D eigenvalue weighted by molar-refractivity contribution is 7.00. The smallest absolute Gasteiger partial charge is 0.252 e. The van der Waals surface area contributed by atoms with Gasteiger partial charge in [0, 0.05) is 34.0 Å². The van der Waals surface area contributed by atoms with Crippen LogP contribution in [0.25, 0.3) is 55.6 Å². The van der Waals surface area contributed by atoms with Gasteiger partial charge in [0.25, 0.3) is 6.71 Å². The van der Waals surface area contributed by atoms with Crippen molar-refractivity contribution in [3.8, 4) is 55.6 Å². The standard InChI is InChI=1S/C60H41BN2/c1-6-19-42(20-7-1)47-29-18-30-51(37-47)62-56-36-34-48(43-21-8-2-9-22-43)38-54(56)61-53-35-33-49(44-23-10-3-11-24-44)39-57(53)63(55-32-17-16-31-52(55)46-27-14-5-15-28-46)59-41-50(40-58(62)60(59)61)45-25-12-4-13-26-45/h1-41H. The lowest BCUT2D eigenvalue weighted by Crippen LogP contribution is -2.61. The zero-order valence-electron chi connectivity index (χ0n) is 34.6. The second kappa shape index (κ2) is 15.4. The Kier molecular flexibility index (Phi) is 8.97. The first-order valence-electron chi connectivity index (χ1n) is 21.8. The minimum atomic E-state index is -0.0491. The molecule has 0 fully saturated rings. The Balaban J connectivity index is 1.20. The van der Waals surface area contributed by atoms with Gasteiger partial charge < -0.3 is 9.80 Å². The van der Waals surface area contributed by atoms with E-state index in [0.717, 1.165) is 11.4 Å². The van der Waals surface area contributed by atoms with Crippen LogP contribution in [-0.4, -0.2) is 6.71 Å². The van der Waals surface area contributed by atoms with Crippen LogP contribution in [0.5, 0.6) is 0 Å². The van der Waals surface area contributed by atoms with Gasteiger partial charge in [-0.05, 0) is 109 Å². The van der Waals surface area contributed by atoms with E-state index in [1.807, 2.05) is 0 Å². The highest BCUT2D eigenvalue weighted by Crippen LogP contribution is 2.49. The molecule has 63 heavy (non-hydrogen) atoms. The van der Waals surface area contributed by atoms with E-state index in [4.69, 9.17) is 0 Å². The molecule has 0 aromatic heterocycles. The summed E-state index contributed by atoms with van der Waals surface area (Å²) < 4.78 is 0. The molecule has 0 saturated heterocycles. The van der Waals surface area contributed by atoms with Crippen molar-refractivity contribution in [2.24, 2.45) is 0 Å². The Morgan fingerprint density at radius 1 is 0.238 bits per heavy atom. The lowest BCUT2D eigenvalue weighted by atomic mass is 9.33. The van der Waals surface area contributed by atoms with Crippen molar-refractivity contribution in [1.82, 2.24) is 0 Å². The van der Waals surface area contributed by atoms with Crippen molar-refractivity contribution in [1.29, 1.82) is 0 Å². The molecule has 0 aliphatic carbocycles. The first kappa shape index (κ1) is 36.7. The molecule has 0 amide bonds. The minimum Gasteiger partial charge on any atom is -0.311 e. The van der Waals surface area contributed by atoms with Crippen LogP contribution in [0.4, 0.5) is 34.1 Å². The van der Waals surface area contributed by atoms with E-state index in [-0.39, 0.29) is 6.71 Å². The van der Waals surface area contributed by atoms with Crippen molar-refractivity contribution in [3.63, 3.8) is 0 Å². The molecule has 2 aliphatic rings. The predicted octanol–water partition coefficient (Wildman–Crippen LogP) is 14.1. The second-order valence-electron chi connectivity index (χ2n) is 16.5. The summed E-state index contributed by atoms with van der Waals surface area (Å²) in [5.41, 5.74) is 22.7. The fourth-order valence-corrected chi connectivity index (χ4v) is 9.94. The summed E-state index contributed by atoms with van der Waals surface area (Å²) in [6, 6.07) is 91.2. The van der Waals surface area contributed by atoms with Crippen molar-refractivity contribution in [2.45, 2.75) is 0 Å². The lowest BCUT2D eigenvalue weighted by Gasteiger charge is -2.45. The summed E-state index contributed by atoms with van der Waals surface area (Å²) in [4.78, 5) is 5.10. The minimum absolute atomic E-state index is 0.0491. The van der Waals surface area contributed by atoms with Gasteiger partial charge in [-0.25, -0.2) is 0 Å². The Bertz CT molecular complexity index is 3280. The molecule has 0 spiro atoms. The fraction of sp³-hybridized carbons (Fsp3) is 0. The fourth-order valence-electron chi connectivity index (χ4n) is 9.94. The van der Waals surface area contributed by atoms with E-state index in [9.17, 15) is 0 Å². The number of fused-ring (bicyclic) bond motifs is 4. The summed E-state index contributed by atoms with van der Waals surface area (Å²) in [5, 5.41) is 0. The van der Waals surface area contributed by atoms with Crippen LogP contribution in [0.3, 0.4) is 0 Å². The van der Waals surface area contributed by atoms with Gasteiger partial charge in [0.1, 0.15) is 0 Å². The van der Waals surface area contributed by atoms with E-state index in [2.05, 4.69) is 259 Å². The summed E-state index contributed by atoms with van der Waals surface area (Å²) in [6.07, 6.45) is 0. The molecule has 0 atom stereocenters. The summed E-state index contributed by atoms with van der Waals surface area (Å²) in [5.74, 6) is 0. The quantitative estimate of drug-likeness (QED) is 0.148. The Morgan fingerprint density at radius 2 is 0.698 bits per heavy atom. The van der Waals surface area contributed by atoms with Crippen LogP contribution in [0.2, 0.25) is 0 Å². The van der Waals surface area contributed by atoms with Gasteiger partial charge >= 0.3 is 0 Å². The summed E-state index contributed by atoms with van der Waals surface area (Å²) >= 11 is 0. The lowest BCUT2D eigenvalue weighted by molar-refractivity contribution is 1.25. The number of hydrogen-bond acceptors (Lipinski definition) is 2. The topological polar surface area (TPSA) is 6.48 Å². The number of nitrogens with zero attached hydrogens (tertiary/aromatic N) is 2. The van der Waals surface area contributed by atoms with Gasteiger partial charge in [0.2, 0.25) is 0 Å². The first-order valence-corrected chi connectivity index (χ1v) is 21.8. The van der Waals surface area contributed by atoms with Crippen molar-refractivity contribution >= 4 is 57.2 Å². The van der Waals surface area contributed by atoms with Gasteiger partial charge in [-0.3, -0.25) is 0 Å². The molecular weight excluding hydrogens is 759 g/mol. The van der Waals surface area contributed by atoms with Crippen LogP contribution in [0, 0.1) is 0 Å². The third kappa shape index (κ3) is 6.37. The maximum Gasteiger partial charge on any atom is 0.252 e. The predicted molar refractivity (Wildman–Crippen MR) is 268 cm³/mol. The second-order valence-corrected chi connectivity index (χ2v) is 16.5. The molecule has 10 aromatic carbocycles. The van der Waals surface area contributed by atoms with Crippen LogP contribution in [0.15, 0.2) is 249 Å². The molecule has 3 heteroatoms. The molecule has 2 heterocycles. The van der Waals surface area contributed by atoms with Crippen molar-refractivity contribution in [2.75, 3.05) is 9.80 Å². The number of anilines is 6. The molecule has 2 aliphatic heterocycles. The number of hydrogen-bond donors (Lipinski definition) is 0. The highest BCUT2D eigenvalue weighted by atomic mass is 15.2. The van der Waals surface area contributed by atoms with E-state index in [1.165, 1.54) is 94.8 Å². The van der Waals surface area contributed by atoms with E-state index in [0.29, 0.717) is 0 Å². The monoisotopic (exact) mass is 800 g/mol. The molecule has 0 saturated carbocycles. The van der Waals surface area contributed by atoms with Crippen LogP contribution in [0.1, 0.15) is 0 Å². The van der Waals surface area contributed by atoms with Gasteiger partial charge in [0.05, 0.1) is 5.69 Å². The zero-order valence-corrected chi connectivity index (χ0v) is 34.6. The maximum absolute atomic E-state index is 2.57.